The van der Waals surface area contributed by atoms with Gasteiger partial charge in [0.05, 0.1) is 13.8 Å². The minimum atomic E-state index is 0.208. The topological polar surface area (TPSA) is 35.2 Å². The molecule has 0 saturated heterocycles. The van der Waals surface area contributed by atoms with Crippen LogP contribution in [0, 0.1) is 7.11 Å². The van der Waals surface area contributed by atoms with Crippen molar-refractivity contribution in [3.05, 3.63) is 7.11 Å². The second kappa shape index (κ2) is 2.92. The fourth-order valence-corrected chi connectivity index (χ4v) is 0. The lowest BCUT2D eigenvalue weighted by molar-refractivity contribution is 0.252. The van der Waals surface area contributed by atoms with E-state index in [2.05, 4.69) is 11.8 Å². The van der Waals surface area contributed by atoms with Crippen molar-refractivity contribution in [3.63, 3.8) is 0 Å². The molecule has 0 aromatic carbocycles. The molecule has 0 unspecified atom stereocenters. The first-order valence-electron chi connectivity index (χ1n) is 0.986. The van der Waals surface area contributed by atoms with Crippen molar-refractivity contribution in [1.29, 1.82) is 0 Å². The van der Waals surface area contributed by atoms with Gasteiger partial charge in [-0.2, -0.15) is 0 Å². The van der Waals surface area contributed by atoms with Crippen LogP contribution in [0.5, 0.6) is 0 Å². The minimum Gasteiger partial charge on any atom is -0.364 e. The maximum absolute atomic E-state index is 4.74. The third-order valence-corrected chi connectivity index (χ3v) is 0.118. The molecule has 0 heterocycles. The van der Waals surface area contributed by atoms with Gasteiger partial charge in [-0.15, -0.1) is 0 Å². The van der Waals surface area contributed by atoms with Gasteiger partial charge in [0, 0.05) is 0 Å². The highest BCUT2D eigenvalue weighted by molar-refractivity contribution is 3.98. The summed E-state index contributed by atoms with van der Waals surface area (Å²) in [6.45, 7) is 0.208. The van der Waals surface area contributed by atoms with Gasteiger partial charge in [0.15, 0.2) is 0 Å². The molecule has 0 aliphatic heterocycles. The molecule has 0 aliphatic carbocycles. The van der Waals surface area contributed by atoms with E-state index in [4.69, 9.17) is 5.73 Å². The third-order valence-electron chi connectivity index (χ3n) is 0.118. The fourth-order valence-electron chi connectivity index (χ4n) is 0. The summed E-state index contributed by atoms with van der Waals surface area (Å²) in [5.41, 5.74) is 4.74. The predicted molar refractivity (Wildman–Crippen MR) is 15.5 cm³/mol. The molecule has 0 saturated carbocycles. The van der Waals surface area contributed by atoms with Crippen LogP contribution < -0.4 is 5.73 Å². The number of rotatable bonds is 1. The normalized spacial score (nSPS) is 7.50. The van der Waals surface area contributed by atoms with Crippen LogP contribution in [0.3, 0.4) is 0 Å². The van der Waals surface area contributed by atoms with Crippen molar-refractivity contribution < 1.29 is 4.74 Å². The summed E-state index contributed by atoms with van der Waals surface area (Å²) < 4.78 is 4.07. The van der Waals surface area contributed by atoms with Gasteiger partial charge in [-0.1, -0.05) is 0 Å². The summed E-state index contributed by atoms with van der Waals surface area (Å²) in [6, 6.07) is 0. The van der Waals surface area contributed by atoms with E-state index in [1.54, 1.807) is 0 Å². The van der Waals surface area contributed by atoms with Crippen LogP contribution >= 0.6 is 0 Å². The molecule has 1 radical (unpaired) electrons. The smallest absolute Gasteiger partial charge is 0.0941 e. The van der Waals surface area contributed by atoms with Crippen LogP contribution in [-0.2, 0) is 4.74 Å². The molecule has 25 valence electrons. The summed E-state index contributed by atoms with van der Waals surface area (Å²) in [5.74, 6) is 0. The standard InChI is InChI=1S/C2H6NO/c1-4-2-3/h1-3H2. The quantitative estimate of drug-likeness (QED) is 0.422. The number of nitrogens with two attached hydrogens (primary N) is 1. The first-order valence-corrected chi connectivity index (χ1v) is 0.986. The van der Waals surface area contributed by atoms with E-state index in [1.807, 2.05) is 0 Å². The van der Waals surface area contributed by atoms with Gasteiger partial charge in [0.2, 0.25) is 0 Å². The van der Waals surface area contributed by atoms with E-state index < -0.39 is 0 Å². The van der Waals surface area contributed by atoms with Crippen molar-refractivity contribution in [2.45, 2.75) is 0 Å². The zero-order chi connectivity index (χ0) is 3.41. The molecule has 0 aromatic heterocycles. The van der Waals surface area contributed by atoms with Crippen LogP contribution in [0.25, 0.3) is 0 Å². The summed E-state index contributed by atoms with van der Waals surface area (Å²) in [4.78, 5) is 0. The second-order valence-electron chi connectivity index (χ2n) is 0.371. The Bertz CT molecular complexity index is 8.00. The second-order valence-corrected chi connectivity index (χ2v) is 0.371. The van der Waals surface area contributed by atoms with Gasteiger partial charge in [-0.25, -0.2) is 0 Å². The van der Waals surface area contributed by atoms with Gasteiger partial charge in [-0.05, 0) is 0 Å². The Kier molecular flexibility index (Phi) is 2.86. The van der Waals surface area contributed by atoms with E-state index >= 15 is 0 Å². The molecule has 2 N–H and O–H groups in total. The van der Waals surface area contributed by atoms with Gasteiger partial charge in [-0.3, -0.25) is 0 Å². The monoisotopic (exact) mass is 60.0 g/mol. The van der Waals surface area contributed by atoms with Gasteiger partial charge in [0.25, 0.3) is 0 Å². The Labute approximate surface area is 25.6 Å². The maximum atomic E-state index is 4.74. The van der Waals surface area contributed by atoms with Gasteiger partial charge in [0.1, 0.15) is 0 Å². The Balaban J connectivity index is 1.97. The van der Waals surface area contributed by atoms with Crippen molar-refractivity contribution in [3.8, 4) is 0 Å². The van der Waals surface area contributed by atoms with Crippen molar-refractivity contribution in [1.82, 2.24) is 0 Å². The predicted octanol–water partition coefficient (Wildman–Crippen LogP) is -0.289. The zero-order valence-electron chi connectivity index (χ0n) is 2.40. The van der Waals surface area contributed by atoms with Crippen LogP contribution in [0.15, 0.2) is 0 Å². The lowest BCUT2D eigenvalue weighted by atomic mass is 11.3. The minimum absolute atomic E-state index is 0.208. The molecule has 2 heteroatoms. The Hall–Kier alpha value is -0.0800. The van der Waals surface area contributed by atoms with Crippen molar-refractivity contribution in [2.24, 2.45) is 5.73 Å². The van der Waals surface area contributed by atoms with Crippen molar-refractivity contribution >= 4 is 0 Å². The average molecular weight is 60.1 g/mol. The van der Waals surface area contributed by atoms with E-state index in [0.717, 1.165) is 0 Å². The molecule has 4 heavy (non-hydrogen) atoms. The molecular formula is C2H6NO. The molecule has 2 nitrogen and oxygen atoms in total. The first-order chi connectivity index (χ1) is 1.91. The van der Waals surface area contributed by atoms with Crippen LogP contribution in [0.4, 0.5) is 0 Å². The third kappa shape index (κ3) is 1.92. The van der Waals surface area contributed by atoms with E-state index in [0.29, 0.717) is 0 Å². The fraction of sp³-hybridized carbons (Fsp3) is 0.500. The SMILES string of the molecule is [CH2]OCN. The highest BCUT2D eigenvalue weighted by Gasteiger charge is 1.50. The Morgan fingerprint density at radius 3 is 2.25 bits per heavy atom. The molecule has 0 amide bonds. The number of ether oxygens (including phenoxy) is 1. The van der Waals surface area contributed by atoms with Gasteiger partial charge >= 0.3 is 0 Å². The van der Waals surface area contributed by atoms with Crippen molar-refractivity contribution in [2.75, 3.05) is 6.73 Å². The Morgan fingerprint density at radius 1 is 2.00 bits per heavy atom. The largest absolute Gasteiger partial charge is 0.364 e. The molecule has 0 rings (SSSR count). The zero-order valence-corrected chi connectivity index (χ0v) is 2.40. The highest BCUT2D eigenvalue weighted by Crippen LogP contribution is 1.46. The van der Waals surface area contributed by atoms with E-state index in [1.165, 1.54) is 0 Å². The summed E-state index contributed by atoms with van der Waals surface area (Å²) >= 11 is 0. The number of hydrogen-bond acceptors (Lipinski definition) is 2. The molecule has 0 spiro atoms. The maximum Gasteiger partial charge on any atom is 0.0941 e. The van der Waals surface area contributed by atoms with Crippen LogP contribution in [-0.4, -0.2) is 6.73 Å². The average Bonchev–Trinajstić information content (AvgIpc) is 1.37. The molecule has 0 fully saturated rings. The van der Waals surface area contributed by atoms with Crippen LogP contribution in [0.1, 0.15) is 0 Å². The van der Waals surface area contributed by atoms with Gasteiger partial charge < -0.3 is 10.5 Å². The molecular weight excluding hydrogens is 54.0 g/mol. The summed E-state index contributed by atoms with van der Waals surface area (Å²) in [6.07, 6.45) is 0. The lowest BCUT2D eigenvalue weighted by Gasteiger charge is -1.76. The first kappa shape index (κ1) is 3.92. The summed E-state index contributed by atoms with van der Waals surface area (Å²) in [5, 5.41) is 0. The van der Waals surface area contributed by atoms with Crippen LogP contribution in [0.2, 0.25) is 0 Å². The van der Waals surface area contributed by atoms with E-state index in [9.17, 15) is 0 Å². The molecule has 0 atom stereocenters. The number of hydrogen-bond donors (Lipinski definition) is 1. The summed E-state index contributed by atoms with van der Waals surface area (Å²) in [7, 11) is 2.98. The Morgan fingerprint density at radius 2 is 2.25 bits per heavy atom. The molecule has 0 aromatic rings. The lowest BCUT2D eigenvalue weighted by Crippen LogP contribution is -1.97. The highest BCUT2D eigenvalue weighted by atomic mass is 16.5. The molecule has 0 aliphatic rings. The van der Waals surface area contributed by atoms with E-state index in [-0.39, 0.29) is 6.73 Å². The molecule has 0 bridgehead atoms.